The molecule has 0 spiro atoms. The van der Waals surface area contributed by atoms with Crippen molar-refractivity contribution in [1.82, 2.24) is 14.9 Å². The summed E-state index contributed by atoms with van der Waals surface area (Å²) in [6.45, 7) is 0.441. The van der Waals surface area contributed by atoms with E-state index in [1.165, 1.54) is 12.1 Å². The highest BCUT2D eigenvalue weighted by molar-refractivity contribution is 5.77. The largest absolute Gasteiger partial charge is 0.309 e. The third-order valence-corrected chi connectivity index (χ3v) is 4.80. The van der Waals surface area contributed by atoms with Crippen molar-refractivity contribution in [3.63, 3.8) is 0 Å². The number of nitrogens with zero attached hydrogens (tertiary/aromatic N) is 2. The van der Waals surface area contributed by atoms with E-state index in [0.717, 1.165) is 11.1 Å². The number of nitrogens with one attached hydrogen (secondary N) is 1. The van der Waals surface area contributed by atoms with Crippen LogP contribution in [0.3, 0.4) is 0 Å². The zero-order valence-corrected chi connectivity index (χ0v) is 15.5. The van der Waals surface area contributed by atoms with Gasteiger partial charge in [0.15, 0.2) is 0 Å². The van der Waals surface area contributed by atoms with Gasteiger partial charge in [-0.1, -0.05) is 54.6 Å². The predicted molar refractivity (Wildman–Crippen MR) is 109 cm³/mol. The number of hydrogen-bond donors (Lipinski definition) is 1. The molecule has 1 aromatic heterocycles. The average Bonchev–Trinajstić information content (AvgIpc) is 2.70. The molecule has 28 heavy (non-hydrogen) atoms. The molecule has 0 saturated carbocycles. The third-order valence-electron chi connectivity index (χ3n) is 4.80. The Bertz CT molecular complexity index is 1140. The van der Waals surface area contributed by atoms with Crippen molar-refractivity contribution >= 4 is 10.9 Å². The Morgan fingerprint density at radius 2 is 1.57 bits per heavy atom. The molecule has 0 saturated heterocycles. The first-order chi connectivity index (χ1) is 13.6. The molecule has 1 atom stereocenters. The van der Waals surface area contributed by atoms with E-state index in [4.69, 9.17) is 0 Å². The monoisotopic (exact) mass is 373 g/mol. The smallest absolute Gasteiger partial charge is 0.258 e. The van der Waals surface area contributed by atoms with E-state index in [-0.39, 0.29) is 17.4 Å². The molecule has 0 amide bonds. The topological polar surface area (TPSA) is 49.0 Å². The molecule has 4 nitrogen and oxygen atoms in total. The predicted octanol–water partition coefficient (Wildman–Crippen LogP) is 4.28. The molecule has 0 unspecified atom stereocenters. The second-order valence-electron chi connectivity index (χ2n) is 6.81. The Morgan fingerprint density at radius 3 is 2.32 bits per heavy atom. The van der Waals surface area contributed by atoms with Gasteiger partial charge in [0, 0.05) is 0 Å². The van der Waals surface area contributed by atoms with Gasteiger partial charge in [-0.3, -0.25) is 9.69 Å². The second-order valence-corrected chi connectivity index (χ2v) is 6.81. The van der Waals surface area contributed by atoms with E-state index in [1.807, 2.05) is 55.6 Å². The lowest BCUT2D eigenvalue weighted by Gasteiger charge is -2.28. The van der Waals surface area contributed by atoms with E-state index in [0.29, 0.717) is 23.3 Å². The number of rotatable bonds is 5. The highest BCUT2D eigenvalue weighted by Gasteiger charge is 2.20. The van der Waals surface area contributed by atoms with Crippen molar-refractivity contribution in [2.45, 2.75) is 12.6 Å². The van der Waals surface area contributed by atoms with Crippen LogP contribution in [0.5, 0.6) is 0 Å². The van der Waals surface area contributed by atoms with Gasteiger partial charge in [0.25, 0.3) is 5.56 Å². The average molecular weight is 373 g/mol. The van der Waals surface area contributed by atoms with Crippen LogP contribution in [-0.4, -0.2) is 21.9 Å². The number of halogens is 1. The van der Waals surface area contributed by atoms with Gasteiger partial charge in [-0.15, -0.1) is 0 Å². The van der Waals surface area contributed by atoms with Crippen LogP contribution in [0, 0.1) is 5.82 Å². The van der Waals surface area contributed by atoms with Gasteiger partial charge in [0.05, 0.1) is 23.5 Å². The summed E-state index contributed by atoms with van der Waals surface area (Å²) in [6, 6.07) is 23.7. The van der Waals surface area contributed by atoms with Crippen LogP contribution in [-0.2, 0) is 6.54 Å². The molecule has 1 N–H and O–H groups in total. The summed E-state index contributed by atoms with van der Waals surface area (Å²) in [5.74, 6) is 0.327. The lowest BCUT2D eigenvalue weighted by Crippen LogP contribution is -2.27. The zero-order valence-electron chi connectivity index (χ0n) is 15.5. The molecule has 1 heterocycles. The molecule has 0 bridgehead atoms. The van der Waals surface area contributed by atoms with Gasteiger partial charge >= 0.3 is 0 Å². The van der Waals surface area contributed by atoms with Gasteiger partial charge in [0.2, 0.25) is 0 Å². The van der Waals surface area contributed by atoms with E-state index in [2.05, 4.69) is 14.9 Å². The summed E-state index contributed by atoms with van der Waals surface area (Å²) in [4.78, 5) is 21.9. The molecule has 0 aliphatic rings. The number of aromatic amines is 1. The number of benzene rings is 3. The molecule has 0 radical (unpaired) electrons. The second kappa shape index (κ2) is 7.74. The lowest BCUT2D eigenvalue weighted by molar-refractivity contribution is 0.263. The molecular formula is C23H20FN3O. The number of fused-ring (bicyclic) bond motifs is 1. The van der Waals surface area contributed by atoms with Crippen molar-refractivity contribution in [2.75, 3.05) is 7.05 Å². The Balaban J connectivity index is 1.71. The molecule has 4 aromatic rings. The molecular weight excluding hydrogens is 353 g/mol. The van der Waals surface area contributed by atoms with Gasteiger partial charge in [-0.25, -0.2) is 9.37 Å². The quantitative estimate of drug-likeness (QED) is 0.568. The lowest BCUT2D eigenvalue weighted by atomic mass is 9.97. The first-order valence-corrected chi connectivity index (χ1v) is 9.10. The van der Waals surface area contributed by atoms with E-state index >= 15 is 0 Å². The van der Waals surface area contributed by atoms with Crippen LogP contribution in [0.2, 0.25) is 0 Å². The minimum absolute atomic E-state index is 0.0985. The van der Waals surface area contributed by atoms with E-state index < -0.39 is 0 Å². The molecule has 4 rings (SSSR count). The van der Waals surface area contributed by atoms with Crippen molar-refractivity contribution in [2.24, 2.45) is 0 Å². The summed E-state index contributed by atoms with van der Waals surface area (Å²) in [5, 5.41) is 0.576. The van der Waals surface area contributed by atoms with Gasteiger partial charge < -0.3 is 4.98 Å². The van der Waals surface area contributed by atoms with Crippen LogP contribution in [0.4, 0.5) is 4.39 Å². The summed E-state index contributed by atoms with van der Waals surface area (Å²) in [5.41, 5.74) is 2.58. The standard InChI is InChI=1S/C23H20FN3O/c1-27(15-21-25-20-10-6-5-9-19(20)23(28)26-21)22(16-7-3-2-4-8-16)17-11-13-18(24)14-12-17/h2-14,22H,15H2,1H3,(H,25,26,28)/t22-/m1/s1. The maximum atomic E-state index is 13.4. The van der Waals surface area contributed by atoms with Crippen molar-refractivity contribution < 1.29 is 4.39 Å². The summed E-state index contributed by atoms with van der Waals surface area (Å²) < 4.78 is 13.4. The van der Waals surface area contributed by atoms with Gasteiger partial charge in [-0.05, 0) is 42.4 Å². The maximum Gasteiger partial charge on any atom is 0.258 e. The van der Waals surface area contributed by atoms with Crippen molar-refractivity contribution in [1.29, 1.82) is 0 Å². The minimum Gasteiger partial charge on any atom is -0.309 e. The molecule has 0 aliphatic carbocycles. The zero-order chi connectivity index (χ0) is 19.5. The summed E-state index contributed by atoms with van der Waals surface area (Å²) >= 11 is 0. The fourth-order valence-electron chi connectivity index (χ4n) is 3.52. The fourth-order valence-corrected chi connectivity index (χ4v) is 3.52. The molecule has 3 aromatic carbocycles. The van der Waals surface area contributed by atoms with E-state index in [9.17, 15) is 9.18 Å². The number of para-hydroxylation sites is 1. The Morgan fingerprint density at radius 1 is 0.929 bits per heavy atom. The Hall–Kier alpha value is -3.31. The third kappa shape index (κ3) is 3.70. The van der Waals surface area contributed by atoms with Crippen molar-refractivity contribution in [3.05, 3.63) is 112 Å². The first kappa shape index (κ1) is 18.1. The van der Waals surface area contributed by atoms with Crippen LogP contribution in [0.1, 0.15) is 23.0 Å². The maximum absolute atomic E-state index is 13.4. The molecule has 140 valence electrons. The molecule has 0 fully saturated rings. The molecule has 5 heteroatoms. The SMILES string of the molecule is CN(Cc1nc2ccccc2c(=O)[nH]1)[C@H](c1ccccc1)c1ccc(F)cc1. The normalized spacial score (nSPS) is 12.4. The van der Waals surface area contributed by atoms with Gasteiger partial charge in [-0.2, -0.15) is 0 Å². The van der Waals surface area contributed by atoms with Crippen molar-refractivity contribution in [3.8, 4) is 0 Å². The van der Waals surface area contributed by atoms with Crippen LogP contribution >= 0.6 is 0 Å². The number of H-pyrrole nitrogens is 1. The summed E-state index contributed by atoms with van der Waals surface area (Å²) in [6.07, 6.45) is 0. The van der Waals surface area contributed by atoms with E-state index in [1.54, 1.807) is 18.2 Å². The van der Waals surface area contributed by atoms with Crippen LogP contribution in [0.15, 0.2) is 83.7 Å². The fraction of sp³-hybridized carbons (Fsp3) is 0.130. The highest BCUT2D eigenvalue weighted by atomic mass is 19.1. The number of hydrogen-bond acceptors (Lipinski definition) is 3. The molecule has 0 aliphatic heterocycles. The first-order valence-electron chi connectivity index (χ1n) is 9.10. The summed E-state index contributed by atoms with van der Waals surface area (Å²) in [7, 11) is 1.97. The minimum atomic E-state index is -0.265. The number of aromatic nitrogens is 2. The van der Waals surface area contributed by atoms with Crippen LogP contribution in [0.25, 0.3) is 10.9 Å². The Labute approximate surface area is 162 Å². The highest BCUT2D eigenvalue weighted by Crippen LogP contribution is 2.28. The van der Waals surface area contributed by atoms with Gasteiger partial charge in [0.1, 0.15) is 11.6 Å². The Kier molecular flexibility index (Phi) is 5.00. The van der Waals surface area contributed by atoms with Crippen LogP contribution < -0.4 is 5.56 Å².